The Hall–Kier alpha value is -1.42. The summed E-state index contributed by atoms with van der Waals surface area (Å²) in [7, 11) is 1.74. The van der Waals surface area contributed by atoms with E-state index >= 15 is 0 Å². The van der Waals surface area contributed by atoms with Gasteiger partial charge >= 0.3 is 0 Å². The maximum atomic E-state index is 10.9. The third-order valence-corrected chi connectivity index (χ3v) is 5.55. The molecule has 3 rings (SSSR count). The van der Waals surface area contributed by atoms with Gasteiger partial charge in [0.15, 0.2) is 5.96 Å². The van der Waals surface area contributed by atoms with Gasteiger partial charge in [0.2, 0.25) is 0 Å². The molecule has 2 N–H and O–H groups in total. The molecular formula is C18H27IN4O3. The van der Waals surface area contributed by atoms with E-state index in [1.165, 1.54) is 25.3 Å². The Kier molecular flexibility index (Phi) is 7.22. The summed E-state index contributed by atoms with van der Waals surface area (Å²) in [6, 6.07) is 7.04. The minimum Gasteiger partial charge on any atom is -0.378 e. The maximum absolute atomic E-state index is 10.9. The fraction of sp³-hybridized carbons (Fsp3) is 0.611. The number of nitro benzene ring substituents is 1. The first kappa shape index (κ1) is 20.9. The summed E-state index contributed by atoms with van der Waals surface area (Å²) in [5.41, 5.74) is 1.23. The summed E-state index contributed by atoms with van der Waals surface area (Å²) < 4.78 is 5.88. The summed E-state index contributed by atoms with van der Waals surface area (Å²) >= 11 is 0. The molecule has 0 heterocycles. The van der Waals surface area contributed by atoms with Gasteiger partial charge in [-0.25, -0.2) is 0 Å². The molecule has 2 aliphatic rings. The Balaban J connectivity index is 0.00000243. The number of nitrogens with zero attached hydrogens (tertiary/aromatic N) is 2. The predicted octanol–water partition coefficient (Wildman–Crippen LogP) is 3.23. The lowest BCUT2D eigenvalue weighted by atomic mass is 9.51. The van der Waals surface area contributed by atoms with Crippen molar-refractivity contribution in [2.24, 2.45) is 10.4 Å². The van der Waals surface area contributed by atoms with E-state index in [1.807, 2.05) is 13.0 Å². The molecule has 7 nitrogen and oxygen atoms in total. The smallest absolute Gasteiger partial charge is 0.269 e. The number of benzene rings is 1. The molecular weight excluding hydrogens is 447 g/mol. The molecule has 0 bridgehead atoms. The molecule has 0 aliphatic heterocycles. The van der Waals surface area contributed by atoms with Crippen molar-refractivity contribution in [2.75, 3.05) is 13.7 Å². The Bertz CT molecular complexity index is 664. The predicted molar refractivity (Wildman–Crippen MR) is 112 cm³/mol. The van der Waals surface area contributed by atoms with Crippen molar-refractivity contribution in [3.05, 3.63) is 39.9 Å². The van der Waals surface area contributed by atoms with E-state index in [9.17, 15) is 10.1 Å². The van der Waals surface area contributed by atoms with Crippen LogP contribution >= 0.6 is 24.0 Å². The molecule has 1 aromatic carbocycles. The molecule has 1 aromatic rings. The SMILES string of the molecule is CCOC1CC(NC(=NC)NCc2cccc([N+](=O)[O-])c2)C12CCC2.I. The van der Waals surface area contributed by atoms with Gasteiger partial charge in [0.1, 0.15) is 0 Å². The van der Waals surface area contributed by atoms with Gasteiger partial charge in [0, 0.05) is 43.8 Å². The number of rotatable bonds is 6. The van der Waals surface area contributed by atoms with E-state index in [-0.39, 0.29) is 40.0 Å². The van der Waals surface area contributed by atoms with Crippen molar-refractivity contribution in [3.8, 4) is 0 Å². The van der Waals surface area contributed by atoms with E-state index in [0.29, 0.717) is 18.7 Å². The van der Waals surface area contributed by atoms with Crippen LogP contribution in [0.25, 0.3) is 0 Å². The summed E-state index contributed by atoms with van der Waals surface area (Å²) in [6.07, 6.45) is 5.04. The van der Waals surface area contributed by atoms with Gasteiger partial charge in [-0.3, -0.25) is 15.1 Å². The van der Waals surface area contributed by atoms with E-state index in [0.717, 1.165) is 24.6 Å². The van der Waals surface area contributed by atoms with Crippen LogP contribution in [0.15, 0.2) is 29.3 Å². The molecule has 8 heteroatoms. The standard InChI is InChI=1S/C18H26N4O3.HI/c1-3-25-16-11-15(18(16)8-5-9-18)21-17(19-2)20-12-13-6-4-7-14(10-13)22(23)24;/h4,6-7,10,15-16H,3,5,8-9,11-12H2,1-2H3,(H2,19,20,21);1H. The number of ether oxygens (including phenoxy) is 1. The number of non-ortho nitro benzene ring substituents is 1. The first-order chi connectivity index (χ1) is 12.1. The minimum atomic E-state index is -0.376. The molecule has 0 saturated heterocycles. The Morgan fingerprint density at radius 1 is 1.46 bits per heavy atom. The molecule has 2 atom stereocenters. The monoisotopic (exact) mass is 474 g/mol. The number of guanidine groups is 1. The fourth-order valence-electron chi connectivity index (χ4n) is 3.97. The van der Waals surface area contributed by atoms with Crippen molar-refractivity contribution in [1.82, 2.24) is 10.6 Å². The quantitative estimate of drug-likeness (QED) is 0.217. The zero-order valence-electron chi connectivity index (χ0n) is 15.2. The highest BCUT2D eigenvalue weighted by Gasteiger charge is 2.59. The van der Waals surface area contributed by atoms with Crippen LogP contribution in [0.4, 0.5) is 5.69 Å². The van der Waals surface area contributed by atoms with E-state index in [4.69, 9.17) is 4.74 Å². The average molecular weight is 474 g/mol. The molecule has 0 aromatic heterocycles. The van der Waals surface area contributed by atoms with Crippen molar-refractivity contribution >= 4 is 35.6 Å². The molecule has 2 saturated carbocycles. The molecule has 144 valence electrons. The molecule has 26 heavy (non-hydrogen) atoms. The number of halogens is 1. The highest BCUT2D eigenvalue weighted by atomic mass is 127. The first-order valence-corrected chi connectivity index (χ1v) is 8.91. The van der Waals surface area contributed by atoms with Crippen LogP contribution in [0, 0.1) is 15.5 Å². The lowest BCUT2D eigenvalue weighted by Gasteiger charge is -2.61. The van der Waals surface area contributed by atoms with Crippen LogP contribution in [0.5, 0.6) is 0 Å². The van der Waals surface area contributed by atoms with Crippen LogP contribution in [-0.2, 0) is 11.3 Å². The van der Waals surface area contributed by atoms with E-state index in [2.05, 4.69) is 15.6 Å². The second-order valence-electron chi connectivity index (χ2n) is 6.82. The zero-order valence-corrected chi connectivity index (χ0v) is 17.6. The number of hydrogen-bond donors (Lipinski definition) is 2. The highest BCUT2D eigenvalue weighted by Crippen LogP contribution is 2.57. The van der Waals surface area contributed by atoms with Gasteiger partial charge < -0.3 is 15.4 Å². The summed E-state index contributed by atoms with van der Waals surface area (Å²) in [6.45, 7) is 3.31. The van der Waals surface area contributed by atoms with Gasteiger partial charge in [0.25, 0.3) is 5.69 Å². The second kappa shape index (κ2) is 8.98. The topological polar surface area (TPSA) is 88.8 Å². The Morgan fingerprint density at radius 2 is 2.23 bits per heavy atom. The van der Waals surface area contributed by atoms with Crippen molar-refractivity contribution in [3.63, 3.8) is 0 Å². The number of nitrogens with one attached hydrogen (secondary N) is 2. The highest BCUT2D eigenvalue weighted by molar-refractivity contribution is 14.0. The van der Waals surface area contributed by atoms with Gasteiger partial charge in [-0.1, -0.05) is 18.6 Å². The van der Waals surface area contributed by atoms with Gasteiger partial charge in [-0.15, -0.1) is 24.0 Å². The zero-order chi connectivity index (χ0) is 17.9. The van der Waals surface area contributed by atoms with Gasteiger partial charge in [-0.05, 0) is 31.7 Å². The van der Waals surface area contributed by atoms with E-state index < -0.39 is 0 Å². The fourth-order valence-corrected chi connectivity index (χ4v) is 3.97. The van der Waals surface area contributed by atoms with Crippen LogP contribution in [0.1, 0.15) is 38.2 Å². The number of nitro groups is 1. The van der Waals surface area contributed by atoms with Crippen LogP contribution in [-0.4, -0.2) is 36.7 Å². The Morgan fingerprint density at radius 3 is 2.81 bits per heavy atom. The van der Waals surface area contributed by atoms with Crippen LogP contribution in [0.3, 0.4) is 0 Å². The van der Waals surface area contributed by atoms with Crippen molar-refractivity contribution < 1.29 is 9.66 Å². The molecule has 2 fully saturated rings. The van der Waals surface area contributed by atoms with Gasteiger partial charge in [0.05, 0.1) is 11.0 Å². The molecule has 1 spiro atoms. The molecule has 0 radical (unpaired) electrons. The first-order valence-electron chi connectivity index (χ1n) is 8.91. The second-order valence-corrected chi connectivity index (χ2v) is 6.82. The number of aliphatic imine (C=N–C) groups is 1. The lowest BCUT2D eigenvalue weighted by Crippen LogP contribution is -2.68. The van der Waals surface area contributed by atoms with Crippen molar-refractivity contribution in [2.45, 2.75) is 51.3 Å². The maximum Gasteiger partial charge on any atom is 0.269 e. The molecule has 2 aliphatic carbocycles. The molecule has 0 amide bonds. The van der Waals surface area contributed by atoms with Crippen LogP contribution in [0.2, 0.25) is 0 Å². The molecule has 2 unspecified atom stereocenters. The van der Waals surface area contributed by atoms with E-state index in [1.54, 1.807) is 19.2 Å². The number of hydrogen-bond acceptors (Lipinski definition) is 4. The van der Waals surface area contributed by atoms with Crippen LogP contribution < -0.4 is 10.6 Å². The normalized spacial score (nSPS) is 23.4. The summed E-state index contributed by atoms with van der Waals surface area (Å²) in [4.78, 5) is 14.8. The van der Waals surface area contributed by atoms with Gasteiger partial charge in [-0.2, -0.15) is 0 Å². The van der Waals surface area contributed by atoms with Crippen molar-refractivity contribution in [1.29, 1.82) is 0 Å². The third-order valence-electron chi connectivity index (χ3n) is 5.55. The third kappa shape index (κ3) is 4.11. The largest absolute Gasteiger partial charge is 0.378 e. The average Bonchev–Trinajstić information content (AvgIpc) is 2.55. The minimum absolute atomic E-state index is 0. The summed E-state index contributed by atoms with van der Waals surface area (Å²) in [5.74, 6) is 0.734. The Labute approximate surface area is 171 Å². The summed E-state index contributed by atoms with van der Waals surface area (Å²) in [5, 5.41) is 17.6. The lowest BCUT2D eigenvalue weighted by molar-refractivity contribution is -0.384.